The number of rotatable bonds is 2. The van der Waals surface area contributed by atoms with Crippen LogP contribution in [0.15, 0.2) is 23.8 Å². The van der Waals surface area contributed by atoms with E-state index in [9.17, 15) is 10.1 Å². The quantitative estimate of drug-likeness (QED) is 0.453. The first-order chi connectivity index (χ1) is 6.00. The second-order valence-electron chi connectivity index (χ2n) is 3.22. The Labute approximate surface area is 84.8 Å². The molecule has 0 aromatic heterocycles. The Morgan fingerprint density at radius 1 is 1.85 bits per heavy atom. The highest BCUT2D eigenvalue weighted by Gasteiger charge is 2.41. The highest BCUT2D eigenvalue weighted by atomic mass is 79.9. The summed E-state index contributed by atoms with van der Waals surface area (Å²) in [5.74, 6) is 0. The van der Waals surface area contributed by atoms with Crippen molar-refractivity contribution in [2.45, 2.75) is 18.5 Å². The molecule has 1 aliphatic rings. The van der Waals surface area contributed by atoms with Gasteiger partial charge >= 0.3 is 0 Å². The first-order valence-electron chi connectivity index (χ1n) is 3.86. The topological polar surface area (TPSA) is 69.2 Å². The summed E-state index contributed by atoms with van der Waals surface area (Å²) < 4.78 is 0. The molecule has 2 unspecified atom stereocenters. The second kappa shape index (κ2) is 3.59. The fraction of sp³-hybridized carbons (Fsp3) is 0.500. The minimum atomic E-state index is -0.887. The van der Waals surface area contributed by atoms with E-state index in [1.165, 1.54) is 6.08 Å². The van der Waals surface area contributed by atoms with Crippen LogP contribution in [-0.4, -0.2) is 21.8 Å². The van der Waals surface area contributed by atoms with Gasteiger partial charge in [-0.2, -0.15) is 0 Å². The first kappa shape index (κ1) is 10.4. The maximum atomic E-state index is 10.7. The normalized spacial score (nSPS) is 32.8. The maximum Gasteiger partial charge on any atom is 0.252 e. The van der Waals surface area contributed by atoms with Gasteiger partial charge in [0.15, 0.2) is 0 Å². The lowest BCUT2D eigenvalue weighted by molar-refractivity contribution is -0.517. The number of nitro groups is 1. The smallest absolute Gasteiger partial charge is 0.252 e. The molecule has 0 aromatic rings. The second-order valence-corrected chi connectivity index (χ2v) is 3.78. The minimum Gasteiger partial charge on any atom is -0.316 e. The van der Waals surface area contributed by atoms with E-state index >= 15 is 0 Å². The fourth-order valence-corrected chi connectivity index (χ4v) is 2.12. The summed E-state index contributed by atoms with van der Waals surface area (Å²) in [5, 5.41) is 11.2. The van der Waals surface area contributed by atoms with E-state index in [2.05, 4.69) is 15.9 Å². The molecule has 0 aliphatic heterocycles. The number of hydrogen-bond donors (Lipinski definition) is 1. The van der Waals surface area contributed by atoms with Crippen molar-refractivity contribution in [3.63, 3.8) is 0 Å². The number of halogens is 1. The van der Waals surface area contributed by atoms with Gasteiger partial charge in [0, 0.05) is 10.3 Å². The van der Waals surface area contributed by atoms with Gasteiger partial charge in [-0.25, -0.2) is 0 Å². The first-order valence-corrected chi connectivity index (χ1v) is 4.98. The number of nitrogens with two attached hydrogens (primary N) is 1. The molecular formula is C8H11BrN2O2. The van der Waals surface area contributed by atoms with Crippen molar-refractivity contribution in [3.05, 3.63) is 33.9 Å². The zero-order valence-corrected chi connectivity index (χ0v) is 8.82. The van der Waals surface area contributed by atoms with Gasteiger partial charge in [0.2, 0.25) is 0 Å². The summed E-state index contributed by atoms with van der Waals surface area (Å²) in [7, 11) is 0. The largest absolute Gasteiger partial charge is 0.316 e. The van der Waals surface area contributed by atoms with Gasteiger partial charge in [0.05, 0.1) is 0 Å². The van der Waals surface area contributed by atoms with Gasteiger partial charge in [0.25, 0.3) is 6.04 Å². The predicted octanol–water partition coefficient (Wildman–Crippen LogP) is 1.24. The van der Waals surface area contributed by atoms with E-state index in [0.29, 0.717) is 5.33 Å². The van der Waals surface area contributed by atoms with Crippen molar-refractivity contribution in [1.82, 2.24) is 0 Å². The highest BCUT2D eigenvalue weighted by Crippen LogP contribution is 2.26. The lowest BCUT2D eigenvalue weighted by atomic mass is 9.83. The molecule has 5 heteroatoms. The molecular weight excluding hydrogens is 236 g/mol. The van der Waals surface area contributed by atoms with E-state index in [0.717, 1.165) is 5.57 Å². The summed E-state index contributed by atoms with van der Waals surface area (Å²) in [5.41, 5.74) is 5.84. The van der Waals surface area contributed by atoms with Crippen LogP contribution in [-0.2, 0) is 0 Å². The van der Waals surface area contributed by atoms with Gasteiger partial charge in [0.1, 0.15) is 5.54 Å². The molecule has 13 heavy (non-hydrogen) atoms. The Hall–Kier alpha value is -0.680. The summed E-state index contributed by atoms with van der Waals surface area (Å²) in [6, 6.07) is -0.829. The number of nitrogens with zero attached hydrogens (tertiary/aromatic N) is 1. The summed E-state index contributed by atoms with van der Waals surface area (Å²) >= 11 is 3.26. The maximum absolute atomic E-state index is 10.7. The van der Waals surface area contributed by atoms with Crippen molar-refractivity contribution >= 4 is 15.9 Å². The lowest BCUT2D eigenvalue weighted by Crippen LogP contribution is -2.53. The molecule has 0 radical (unpaired) electrons. The Kier molecular flexibility index (Phi) is 2.87. The van der Waals surface area contributed by atoms with E-state index < -0.39 is 11.6 Å². The third-order valence-electron chi connectivity index (χ3n) is 2.27. The molecule has 1 rings (SSSR count). The number of alkyl halides is 1. The molecule has 0 aromatic carbocycles. The third kappa shape index (κ3) is 1.81. The van der Waals surface area contributed by atoms with Crippen molar-refractivity contribution in [3.8, 4) is 0 Å². The van der Waals surface area contributed by atoms with Crippen LogP contribution in [0.5, 0.6) is 0 Å². The Balaban J connectivity index is 3.01. The molecule has 0 spiro atoms. The standard InChI is InChI=1S/C8H11BrN2O2/c1-8(10)6(5-9)3-2-4-7(8)11(12)13/h2-4,7H,5,10H2,1H3. The monoisotopic (exact) mass is 246 g/mol. The Bertz CT molecular complexity index is 284. The van der Waals surface area contributed by atoms with Crippen LogP contribution in [0.1, 0.15) is 6.92 Å². The van der Waals surface area contributed by atoms with Crippen LogP contribution in [0.2, 0.25) is 0 Å². The Morgan fingerprint density at radius 3 is 2.92 bits per heavy atom. The molecule has 0 heterocycles. The van der Waals surface area contributed by atoms with Crippen LogP contribution in [0.3, 0.4) is 0 Å². The average Bonchev–Trinajstić information content (AvgIpc) is 2.02. The minimum absolute atomic E-state index is 0.355. The predicted molar refractivity (Wildman–Crippen MR) is 54.4 cm³/mol. The molecule has 1 aliphatic carbocycles. The molecule has 0 saturated carbocycles. The molecule has 0 fully saturated rings. The van der Waals surface area contributed by atoms with Gasteiger partial charge in [-0.1, -0.05) is 28.1 Å². The molecule has 2 N–H and O–H groups in total. The molecule has 4 nitrogen and oxygen atoms in total. The van der Waals surface area contributed by atoms with Crippen molar-refractivity contribution in [2.75, 3.05) is 5.33 Å². The summed E-state index contributed by atoms with van der Waals surface area (Å²) in [6.45, 7) is 1.68. The van der Waals surface area contributed by atoms with Crippen molar-refractivity contribution in [1.29, 1.82) is 0 Å². The molecule has 0 amide bonds. The average molecular weight is 247 g/mol. The van der Waals surface area contributed by atoms with Gasteiger partial charge in [-0.05, 0) is 18.6 Å². The highest BCUT2D eigenvalue weighted by molar-refractivity contribution is 9.09. The van der Waals surface area contributed by atoms with Gasteiger partial charge in [-0.15, -0.1) is 0 Å². The molecule has 2 atom stereocenters. The van der Waals surface area contributed by atoms with Crippen LogP contribution < -0.4 is 5.73 Å². The van der Waals surface area contributed by atoms with Crippen molar-refractivity contribution in [2.24, 2.45) is 5.73 Å². The summed E-state index contributed by atoms with van der Waals surface area (Å²) in [4.78, 5) is 10.3. The molecule has 0 bridgehead atoms. The van der Waals surface area contributed by atoms with E-state index in [1.807, 2.05) is 6.08 Å². The zero-order valence-electron chi connectivity index (χ0n) is 7.24. The SMILES string of the molecule is CC1(N)C(CBr)=CC=CC1[N+](=O)[O-]. The summed E-state index contributed by atoms with van der Waals surface area (Å²) in [6.07, 6.45) is 5.01. The van der Waals surface area contributed by atoms with Crippen LogP contribution >= 0.6 is 15.9 Å². The molecule has 0 saturated heterocycles. The molecule has 72 valence electrons. The van der Waals surface area contributed by atoms with Crippen LogP contribution in [0, 0.1) is 10.1 Å². The van der Waals surface area contributed by atoms with E-state index in [4.69, 9.17) is 5.73 Å². The van der Waals surface area contributed by atoms with Crippen LogP contribution in [0.25, 0.3) is 0 Å². The van der Waals surface area contributed by atoms with Gasteiger partial charge < -0.3 is 5.73 Å². The number of hydrogen-bond acceptors (Lipinski definition) is 3. The van der Waals surface area contributed by atoms with E-state index in [-0.39, 0.29) is 4.92 Å². The van der Waals surface area contributed by atoms with E-state index in [1.54, 1.807) is 13.0 Å². The van der Waals surface area contributed by atoms with Gasteiger partial charge in [-0.3, -0.25) is 10.1 Å². The number of allylic oxidation sites excluding steroid dienone is 2. The zero-order chi connectivity index (χ0) is 10.1. The van der Waals surface area contributed by atoms with Crippen LogP contribution in [0.4, 0.5) is 0 Å². The third-order valence-corrected chi connectivity index (χ3v) is 2.87. The Morgan fingerprint density at radius 2 is 2.46 bits per heavy atom. The lowest BCUT2D eigenvalue weighted by Gasteiger charge is -2.30. The fourth-order valence-electron chi connectivity index (χ4n) is 1.32. The van der Waals surface area contributed by atoms with Crippen molar-refractivity contribution < 1.29 is 4.92 Å².